The largest absolute Gasteiger partial charge is 0.368 e. The van der Waals surface area contributed by atoms with Crippen LogP contribution in [0.15, 0.2) is 78.1 Å². The molecule has 0 aliphatic carbocycles. The summed E-state index contributed by atoms with van der Waals surface area (Å²) in [6, 6.07) is 18.9. The van der Waals surface area contributed by atoms with Gasteiger partial charge in [-0.1, -0.05) is 18.2 Å². The molecule has 3 heterocycles. The number of nitrogens with one attached hydrogen (secondary N) is 1. The molecule has 170 valence electrons. The maximum Gasteiger partial charge on any atom is 0.263 e. The fourth-order valence-electron chi connectivity index (χ4n) is 4.14. The van der Waals surface area contributed by atoms with E-state index in [4.69, 9.17) is 0 Å². The van der Waals surface area contributed by atoms with Gasteiger partial charge < -0.3 is 9.80 Å². The van der Waals surface area contributed by atoms with Crippen LogP contribution in [0.2, 0.25) is 0 Å². The standard InChI is InChI=1S/C24H24N6O2S.H2/c1-18-16-23(21-4-2-3-5-22(21)27-18)30-14-12-29(13-15-30)19-6-8-20(9-7-19)33(31,32)28-24-10-11-25-17-26-24;/h2-11,16-17H,12-15H2,1H3,(H,25,26,28);1H. The molecular weight excluding hydrogens is 436 g/mol. The van der Waals surface area contributed by atoms with E-state index in [1.54, 1.807) is 12.1 Å². The predicted molar refractivity (Wildman–Crippen MR) is 132 cm³/mol. The van der Waals surface area contributed by atoms with Crippen LogP contribution >= 0.6 is 0 Å². The Morgan fingerprint density at radius 3 is 2.39 bits per heavy atom. The lowest BCUT2D eigenvalue weighted by Gasteiger charge is -2.38. The van der Waals surface area contributed by atoms with Crippen molar-refractivity contribution in [2.45, 2.75) is 11.8 Å². The van der Waals surface area contributed by atoms with Crippen LogP contribution in [-0.2, 0) is 10.0 Å². The molecule has 0 atom stereocenters. The summed E-state index contributed by atoms with van der Waals surface area (Å²) in [6.07, 6.45) is 2.79. The van der Waals surface area contributed by atoms with Gasteiger partial charge in [0.1, 0.15) is 12.1 Å². The van der Waals surface area contributed by atoms with Crippen molar-refractivity contribution in [2.75, 3.05) is 40.7 Å². The lowest BCUT2D eigenvalue weighted by Crippen LogP contribution is -2.46. The van der Waals surface area contributed by atoms with Crippen LogP contribution in [0, 0.1) is 6.92 Å². The maximum atomic E-state index is 12.6. The van der Waals surface area contributed by atoms with Crippen LogP contribution in [0.3, 0.4) is 0 Å². The number of rotatable bonds is 5. The van der Waals surface area contributed by atoms with Gasteiger partial charge in [-0.2, -0.15) is 0 Å². The first-order valence-corrected chi connectivity index (χ1v) is 12.2. The molecule has 5 rings (SSSR count). The summed E-state index contributed by atoms with van der Waals surface area (Å²) in [5.74, 6) is 0.240. The minimum atomic E-state index is -3.70. The zero-order valence-electron chi connectivity index (χ0n) is 18.2. The molecule has 33 heavy (non-hydrogen) atoms. The normalized spacial score (nSPS) is 14.5. The van der Waals surface area contributed by atoms with Gasteiger partial charge in [0, 0.05) is 56.3 Å². The monoisotopic (exact) mass is 462 g/mol. The number of sulfonamides is 1. The second-order valence-corrected chi connectivity index (χ2v) is 9.65. The summed E-state index contributed by atoms with van der Waals surface area (Å²) in [7, 11) is -3.70. The Balaban J connectivity index is 0.00000274. The van der Waals surface area contributed by atoms with Crippen molar-refractivity contribution in [1.29, 1.82) is 0 Å². The van der Waals surface area contributed by atoms with Crippen LogP contribution in [0.4, 0.5) is 17.2 Å². The van der Waals surface area contributed by atoms with Crippen molar-refractivity contribution in [3.05, 3.63) is 78.9 Å². The summed E-state index contributed by atoms with van der Waals surface area (Å²) in [5, 5.41) is 1.17. The molecular formula is C24H26N6O2S. The SMILES string of the molecule is Cc1cc(N2CCN(c3ccc(S(=O)(=O)Nc4ccncn4)cc3)CC2)c2ccccc2n1.[HH]. The van der Waals surface area contributed by atoms with E-state index >= 15 is 0 Å². The van der Waals surface area contributed by atoms with Gasteiger partial charge in [0.05, 0.1) is 10.4 Å². The number of benzene rings is 2. The Morgan fingerprint density at radius 1 is 0.939 bits per heavy atom. The number of hydrogen-bond acceptors (Lipinski definition) is 7. The van der Waals surface area contributed by atoms with Crippen molar-refractivity contribution in [3.8, 4) is 0 Å². The van der Waals surface area contributed by atoms with Crippen LogP contribution in [0.1, 0.15) is 7.12 Å². The summed E-state index contributed by atoms with van der Waals surface area (Å²) in [5.41, 5.74) is 4.25. The third-order valence-electron chi connectivity index (χ3n) is 5.78. The van der Waals surface area contributed by atoms with E-state index in [-0.39, 0.29) is 12.1 Å². The number of para-hydroxylation sites is 1. The lowest BCUT2D eigenvalue weighted by atomic mass is 10.1. The number of piperazine rings is 1. The number of aryl methyl sites for hydroxylation is 1. The lowest BCUT2D eigenvalue weighted by molar-refractivity contribution is 0.601. The van der Waals surface area contributed by atoms with Gasteiger partial charge in [0.25, 0.3) is 10.0 Å². The molecule has 0 amide bonds. The average Bonchev–Trinajstić information content (AvgIpc) is 2.84. The second-order valence-electron chi connectivity index (χ2n) is 7.97. The minimum Gasteiger partial charge on any atom is -0.368 e. The molecule has 0 spiro atoms. The number of nitrogens with zero attached hydrogens (tertiary/aromatic N) is 5. The van der Waals surface area contributed by atoms with Crippen LogP contribution in [-0.4, -0.2) is 49.5 Å². The quantitative estimate of drug-likeness (QED) is 0.483. The average molecular weight is 463 g/mol. The first-order chi connectivity index (χ1) is 16.0. The Morgan fingerprint density at radius 2 is 1.67 bits per heavy atom. The van der Waals surface area contributed by atoms with Crippen molar-refractivity contribution in [2.24, 2.45) is 0 Å². The Hall–Kier alpha value is -3.72. The smallest absolute Gasteiger partial charge is 0.263 e. The zero-order chi connectivity index (χ0) is 22.8. The Bertz CT molecular complexity index is 1380. The predicted octanol–water partition coefficient (Wildman–Crippen LogP) is 3.71. The molecule has 2 aromatic heterocycles. The van der Waals surface area contributed by atoms with E-state index in [0.29, 0.717) is 0 Å². The first-order valence-electron chi connectivity index (χ1n) is 10.7. The molecule has 0 saturated carbocycles. The Labute approximate surface area is 194 Å². The molecule has 1 aliphatic heterocycles. The topological polar surface area (TPSA) is 91.3 Å². The third-order valence-corrected chi connectivity index (χ3v) is 7.15. The molecule has 9 heteroatoms. The fourth-order valence-corrected chi connectivity index (χ4v) is 5.14. The highest BCUT2D eigenvalue weighted by Crippen LogP contribution is 2.29. The van der Waals surface area contributed by atoms with Gasteiger partial charge in [0.2, 0.25) is 0 Å². The van der Waals surface area contributed by atoms with Crippen molar-refractivity contribution in [3.63, 3.8) is 0 Å². The van der Waals surface area contributed by atoms with Gasteiger partial charge in [0.15, 0.2) is 0 Å². The molecule has 1 fully saturated rings. The van der Waals surface area contributed by atoms with Gasteiger partial charge in [-0.3, -0.25) is 9.71 Å². The number of hydrogen-bond donors (Lipinski definition) is 1. The number of pyridine rings is 1. The Kier molecular flexibility index (Phi) is 5.55. The van der Waals surface area contributed by atoms with Gasteiger partial charge in [-0.05, 0) is 49.4 Å². The van der Waals surface area contributed by atoms with Gasteiger partial charge in [-0.25, -0.2) is 18.4 Å². The molecule has 4 aromatic rings. The van der Waals surface area contributed by atoms with Crippen molar-refractivity contribution < 1.29 is 9.84 Å². The highest BCUT2D eigenvalue weighted by molar-refractivity contribution is 7.92. The van der Waals surface area contributed by atoms with Gasteiger partial charge >= 0.3 is 0 Å². The molecule has 0 bridgehead atoms. The van der Waals surface area contributed by atoms with Crippen LogP contribution < -0.4 is 14.5 Å². The first kappa shape index (κ1) is 21.1. The molecule has 1 aliphatic rings. The van der Waals surface area contributed by atoms with Crippen LogP contribution in [0.25, 0.3) is 10.9 Å². The molecule has 1 saturated heterocycles. The second kappa shape index (κ2) is 8.67. The third kappa shape index (κ3) is 4.45. The van der Waals surface area contributed by atoms with E-state index in [1.165, 1.54) is 29.7 Å². The van der Waals surface area contributed by atoms with Crippen molar-refractivity contribution >= 4 is 38.1 Å². The van der Waals surface area contributed by atoms with E-state index in [1.807, 2.05) is 31.2 Å². The molecule has 0 radical (unpaired) electrons. The highest BCUT2D eigenvalue weighted by atomic mass is 32.2. The van der Waals surface area contributed by atoms with E-state index in [2.05, 4.69) is 47.7 Å². The minimum absolute atomic E-state index is 0. The number of anilines is 3. The maximum absolute atomic E-state index is 12.6. The highest BCUT2D eigenvalue weighted by Gasteiger charge is 2.21. The molecule has 8 nitrogen and oxygen atoms in total. The van der Waals surface area contributed by atoms with Gasteiger partial charge in [-0.15, -0.1) is 0 Å². The summed E-state index contributed by atoms with van der Waals surface area (Å²) in [4.78, 5) is 17.2. The number of fused-ring (bicyclic) bond motifs is 1. The summed E-state index contributed by atoms with van der Waals surface area (Å²) in [6.45, 7) is 5.48. The summed E-state index contributed by atoms with van der Waals surface area (Å²) >= 11 is 0. The fraction of sp³-hybridized carbons (Fsp3) is 0.208. The molecule has 2 aromatic carbocycles. The van der Waals surface area contributed by atoms with E-state index in [0.717, 1.165) is 43.1 Å². The number of aromatic nitrogens is 3. The zero-order valence-corrected chi connectivity index (χ0v) is 19.0. The summed E-state index contributed by atoms with van der Waals surface area (Å²) < 4.78 is 27.7. The van der Waals surface area contributed by atoms with E-state index in [9.17, 15) is 8.42 Å². The molecule has 1 N–H and O–H groups in total. The van der Waals surface area contributed by atoms with E-state index < -0.39 is 10.0 Å². The van der Waals surface area contributed by atoms with Crippen LogP contribution in [0.5, 0.6) is 0 Å². The van der Waals surface area contributed by atoms with Crippen molar-refractivity contribution in [1.82, 2.24) is 15.0 Å². The molecule has 0 unspecified atom stereocenters.